The van der Waals surface area contributed by atoms with Crippen molar-refractivity contribution in [3.8, 4) is 0 Å². The molecule has 5 nitrogen and oxygen atoms in total. The first-order valence-electron chi connectivity index (χ1n) is 6.97. The van der Waals surface area contributed by atoms with Gasteiger partial charge in [0.05, 0.1) is 12.6 Å². The van der Waals surface area contributed by atoms with Crippen LogP contribution in [-0.2, 0) is 16.0 Å². The number of allylic oxidation sites excluding steroid dienone is 3. The number of methoxy groups -OCH3 is 1. The Morgan fingerprint density at radius 2 is 2.26 bits per heavy atom. The van der Waals surface area contributed by atoms with Crippen LogP contribution in [0.1, 0.15) is 11.4 Å². The number of benzene rings is 1. The SMILES string of the molecule is C=C/C(=C\N=C)c1ncc2cc(C/C=C/C(=O)OC)ccc2n1. The van der Waals surface area contributed by atoms with Crippen LogP contribution in [-0.4, -0.2) is 29.8 Å². The van der Waals surface area contributed by atoms with Crippen molar-refractivity contribution in [2.75, 3.05) is 7.11 Å². The molecule has 0 aliphatic carbocycles. The summed E-state index contributed by atoms with van der Waals surface area (Å²) in [5.74, 6) is 0.191. The molecule has 0 aliphatic heterocycles. The highest BCUT2D eigenvalue weighted by molar-refractivity contribution is 5.82. The molecule has 116 valence electrons. The topological polar surface area (TPSA) is 64.4 Å². The second-order valence-corrected chi connectivity index (χ2v) is 4.69. The summed E-state index contributed by atoms with van der Waals surface area (Å²) < 4.78 is 4.55. The predicted molar refractivity (Wildman–Crippen MR) is 92.1 cm³/mol. The Kier molecular flexibility index (Phi) is 5.52. The molecule has 0 N–H and O–H groups in total. The fraction of sp³-hybridized carbons (Fsp3) is 0.111. The first-order chi connectivity index (χ1) is 11.2. The minimum absolute atomic E-state index is 0.363. The standard InChI is InChI=1S/C18H17N3O2/c1-4-14(11-19-2)18-20-12-15-10-13(8-9-16(15)21-18)6-5-7-17(22)23-3/h4-5,7-12H,1-2,6H2,3H3/b7-5+,14-11+. The number of hydrogen-bond donors (Lipinski definition) is 0. The van der Waals surface area contributed by atoms with Gasteiger partial charge in [0.15, 0.2) is 5.82 Å². The first-order valence-corrected chi connectivity index (χ1v) is 6.97. The molecule has 23 heavy (non-hydrogen) atoms. The number of carbonyl (C=O) groups is 1. The fourth-order valence-electron chi connectivity index (χ4n) is 2.01. The van der Waals surface area contributed by atoms with Gasteiger partial charge in [-0.3, -0.25) is 4.99 Å². The number of nitrogens with zero attached hydrogens (tertiary/aromatic N) is 3. The zero-order chi connectivity index (χ0) is 16.7. The summed E-state index contributed by atoms with van der Waals surface area (Å²) in [5, 5.41) is 0.924. The predicted octanol–water partition coefficient (Wildman–Crippen LogP) is 3.13. The van der Waals surface area contributed by atoms with Crippen molar-refractivity contribution in [2.24, 2.45) is 4.99 Å². The van der Waals surface area contributed by atoms with Gasteiger partial charge in [0.1, 0.15) is 0 Å². The molecule has 0 radical (unpaired) electrons. The van der Waals surface area contributed by atoms with E-state index in [1.165, 1.54) is 13.2 Å². The van der Waals surface area contributed by atoms with E-state index in [0.717, 1.165) is 16.5 Å². The molecule has 1 aromatic heterocycles. The average Bonchev–Trinajstić information content (AvgIpc) is 2.59. The maximum atomic E-state index is 11.0. The van der Waals surface area contributed by atoms with Crippen molar-refractivity contribution in [1.29, 1.82) is 0 Å². The van der Waals surface area contributed by atoms with Crippen LogP contribution in [0.15, 0.2) is 60.4 Å². The smallest absolute Gasteiger partial charge is 0.330 e. The highest BCUT2D eigenvalue weighted by Crippen LogP contribution is 2.18. The van der Waals surface area contributed by atoms with Crippen molar-refractivity contribution in [3.63, 3.8) is 0 Å². The lowest BCUT2D eigenvalue weighted by atomic mass is 10.1. The second kappa shape index (κ2) is 7.79. The number of fused-ring (bicyclic) bond motifs is 1. The minimum atomic E-state index is -0.363. The number of aliphatic imine (C=N–C) groups is 1. The van der Waals surface area contributed by atoms with E-state index in [9.17, 15) is 4.79 Å². The maximum absolute atomic E-state index is 11.0. The average molecular weight is 307 g/mol. The summed E-state index contributed by atoms with van der Waals surface area (Å²) in [7, 11) is 1.35. The Bertz CT molecular complexity index is 807. The van der Waals surface area contributed by atoms with Crippen LogP contribution in [0.4, 0.5) is 0 Å². The number of esters is 1. The van der Waals surface area contributed by atoms with E-state index in [2.05, 4.69) is 33.0 Å². The Balaban J connectivity index is 2.27. The van der Waals surface area contributed by atoms with Crippen molar-refractivity contribution in [1.82, 2.24) is 9.97 Å². The number of hydrogen-bond acceptors (Lipinski definition) is 5. The summed E-state index contributed by atoms with van der Waals surface area (Å²) in [4.78, 5) is 23.6. The molecule has 2 aromatic rings. The van der Waals surface area contributed by atoms with Gasteiger partial charge in [-0.25, -0.2) is 14.8 Å². The highest BCUT2D eigenvalue weighted by Gasteiger charge is 2.04. The van der Waals surface area contributed by atoms with Gasteiger partial charge in [0.2, 0.25) is 0 Å². The lowest BCUT2D eigenvalue weighted by molar-refractivity contribution is -0.134. The molecule has 1 aromatic carbocycles. The molecule has 0 bridgehead atoms. The van der Waals surface area contributed by atoms with Gasteiger partial charge in [0.25, 0.3) is 0 Å². The van der Waals surface area contributed by atoms with Gasteiger partial charge < -0.3 is 4.74 Å². The van der Waals surface area contributed by atoms with Crippen LogP contribution in [0.2, 0.25) is 0 Å². The molecule has 0 atom stereocenters. The highest BCUT2D eigenvalue weighted by atomic mass is 16.5. The van der Waals surface area contributed by atoms with Gasteiger partial charge in [0, 0.05) is 29.4 Å². The van der Waals surface area contributed by atoms with Crippen LogP contribution in [0.3, 0.4) is 0 Å². The van der Waals surface area contributed by atoms with E-state index in [1.54, 1.807) is 24.5 Å². The van der Waals surface area contributed by atoms with Gasteiger partial charge in [-0.15, -0.1) is 0 Å². The third-order valence-electron chi connectivity index (χ3n) is 3.16. The van der Waals surface area contributed by atoms with Crippen molar-refractivity contribution >= 4 is 29.2 Å². The van der Waals surface area contributed by atoms with Crippen LogP contribution >= 0.6 is 0 Å². The van der Waals surface area contributed by atoms with E-state index >= 15 is 0 Å². The molecule has 5 heteroatoms. The second-order valence-electron chi connectivity index (χ2n) is 4.69. The minimum Gasteiger partial charge on any atom is -0.466 e. The van der Waals surface area contributed by atoms with E-state index in [-0.39, 0.29) is 5.97 Å². The van der Waals surface area contributed by atoms with Crippen LogP contribution < -0.4 is 0 Å². The lowest BCUT2D eigenvalue weighted by Gasteiger charge is -2.04. The molecule has 0 aliphatic rings. The molecular formula is C18H17N3O2. The Morgan fingerprint density at radius 1 is 1.43 bits per heavy atom. The number of rotatable bonds is 6. The van der Waals surface area contributed by atoms with Gasteiger partial charge in [-0.05, 0) is 30.8 Å². The molecule has 0 unspecified atom stereocenters. The van der Waals surface area contributed by atoms with Crippen LogP contribution in [0.25, 0.3) is 16.5 Å². The quantitative estimate of drug-likeness (QED) is 0.356. The van der Waals surface area contributed by atoms with Gasteiger partial charge in [-0.1, -0.05) is 24.8 Å². The molecule has 0 spiro atoms. The summed E-state index contributed by atoms with van der Waals surface area (Å²) >= 11 is 0. The third-order valence-corrected chi connectivity index (χ3v) is 3.16. The molecule has 2 rings (SSSR count). The Morgan fingerprint density at radius 3 is 2.96 bits per heavy atom. The van der Waals surface area contributed by atoms with Crippen LogP contribution in [0.5, 0.6) is 0 Å². The van der Waals surface area contributed by atoms with Gasteiger partial charge >= 0.3 is 5.97 Å². The maximum Gasteiger partial charge on any atom is 0.330 e. The molecule has 0 amide bonds. The molecule has 0 fully saturated rings. The third kappa shape index (κ3) is 4.20. The van der Waals surface area contributed by atoms with E-state index in [4.69, 9.17) is 0 Å². The zero-order valence-corrected chi connectivity index (χ0v) is 12.9. The molecule has 0 saturated carbocycles. The number of ether oxygens (including phenoxy) is 1. The zero-order valence-electron chi connectivity index (χ0n) is 12.9. The number of aromatic nitrogens is 2. The largest absolute Gasteiger partial charge is 0.466 e. The fourth-order valence-corrected chi connectivity index (χ4v) is 2.01. The van der Waals surface area contributed by atoms with E-state index in [1.807, 2.05) is 18.2 Å². The van der Waals surface area contributed by atoms with Crippen molar-refractivity contribution < 1.29 is 9.53 Å². The summed E-state index contributed by atoms with van der Waals surface area (Å²) in [6, 6.07) is 5.87. The Hall–Kier alpha value is -3.08. The molecule has 0 saturated heterocycles. The first kappa shape index (κ1) is 16.3. The number of carbonyl (C=O) groups excluding carboxylic acids is 1. The monoisotopic (exact) mass is 307 g/mol. The summed E-state index contributed by atoms with van der Waals surface area (Å²) in [6.45, 7) is 7.15. The Labute approximate surface area is 134 Å². The normalized spacial score (nSPS) is 11.6. The van der Waals surface area contributed by atoms with Gasteiger partial charge in [-0.2, -0.15) is 0 Å². The van der Waals surface area contributed by atoms with Crippen LogP contribution in [0, 0.1) is 0 Å². The summed E-state index contributed by atoms with van der Waals surface area (Å²) in [6.07, 6.45) is 8.77. The van der Waals surface area contributed by atoms with E-state index < -0.39 is 0 Å². The molecular weight excluding hydrogens is 290 g/mol. The summed E-state index contributed by atoms with van der Waals surface area (Å²) in [5.41, 5.74) is 2.60. The molecule has 1 heterocycles. The van der Waals surface area contributed by atoms with Crippen molar-refractivity contribution in [2.45, 2.75) is 6.42 Å². The van der Waals surface area contributed by atoms with Crippen molar-refractivity contribution in [3.05, 3.63) is 66.8 Å². The van der Waals surface area contributed by atoms with E-state index in [0.29, 0.717) is 17.8 Å². The lowest BCUT2D eigenvalue weighted by Crippen LogP contribution is -1.95.